The van der Waals surface area contributed by atoms with Gasteiger partial charge in [-0.15, -0.1) is 0 Å². The number of aromatic amines is 1. The summed E-state index contributed by atoms with van der Waals surface area (Å²) in [6.07, 6.45) is 1.53. The molecule has 0 atom stereocenters. The van der Waals surface area contributed by atoms with E-state index in [4.69, 9.17) is 0 Å². The summed E-state index contributed by atoms with van der Waals surface area (Å²) < 4.78 is 29.5. The van der Waals surface area contributed by atoms with Crippen LogP contribution in [-0.2, 0) is 15.6 Å². The van der Waals surface area contributed by atoms with E-state index in [-0.39, 0.29) is 11.1 Å². The SMILES string of the molecule is Cc1ccc(S(=O)(=O)N2CCN(c3nc4c(cnn4C(C)(C)C)c(=O)[nH]3)CC2)c(C)c1. The highest BCUT2D eigenvalue weighted by Gasteiger charge is 2.31. The Morgan fingerprint density at radius 3 is 2.35 bits per heavy atom. The number of aryl methyl sites for hydroxylation is 2. The molecular formula is C21H28N6O3S. The van der Waals surface area contributed by atoms with E-state index < -0.39 is 10.0 Å². The van der Waals surface area contributed by atoms with Crippen LogP contribution in [0.3, 0.4) is 0 Å². The van der Waals surface area contributed by atoms with Gasteiger partial charge in [-0.05, 0) is 46.2 Å². The number of piperazine rings is 1. The van der Waals surface area contributed by atoms with E-state index in [2.05, 4.69) is 15.1 Å². The van der Waals surface area contributed by atoms with Gasteiger partial charge in [-0.25, -0.2) is 13.1 Å². The molecule has 1 aliphatic heterocycles. The summed E-state index contributed by atoms with van der Waals surface area (Å²) in [5.41, 5.74) is 1.73. The lowest BCUT2D eigenvalue weighted by atomic mass is 10.1. The van der Waals surface area contributed by atoms with Crippen LogP contribution in [0.5, 0.6) is 0 Å². The molecule has 0 saturated carbocycles. The minimum absolute atomic E-state index is 0.249. The highest BCUT2D eigenvalue weighted by Crippen LogP contribution is 2.24. The zero-order valence-electron chi connectivity index (χ0n) is 18.5. The van der Waals surface area contributed by atoms with Crippen LogP contribution in [-0.4, -0.2) is 58.7 Å². The predicted octanol–water partition coefficient (Wildman–Crippen LogP) is 2.00. The summed E-state index contributed by atoms with van der Waals surface area (Å²) in [5.74, 6) is 0.437. The summed E-state index contributed by atoms with van der Waals surface area (Å²) in [4.78, 5) is 22.3. The van der Waals surface area contributed by atoms with Crippen LogP contribution in [0.1, 0.15) is 31.9 Å². The number of nitrogens with one attached hydrogen (secondary N) is 1. The summed E-state index contributed by atoms with van der Waals surface area (Å²) in [7, 11) is -3.57. The molecule has 0 spiro atoms. The highest BCUT2D eigenvalue weighted by atomic mass is 32.2. The van der Waals surface area contributed by atoms with Gasteiger partial charge in [0.15, 0.2) is 5.65 Å². The van der Waals surface area contributed by atoms with Gasteiger partial charge in [0.25, 0.3) is 5.56 Å². The normalized spacial score (nSPS) is 16.2. The van der Waals surface area contributed by atoms with E-state index in [9.17, 15) is 13.2 Å². The maximum absolute atomic E-state index is 13.1. The van der Waals surface area contributed by atoms with Crippen molar-refractivity contribution in [3.05, 3.63) is 45.9 Å². The molecule has 0 unspecified atom stereocenters. The highest BCUT2D eigenvalue weighted by molar-refractivity contribution is 7.89. The molecule has 9 nitrogen and oxygen atoms in total. The lowest BCUT2D eigenvalue weighted by Crippen LogP contribution is -2.49. The smallest absolute Gasteiger partial charge is 0.263 e. The molecule has 3 heterocycles. The molecule has 4 rings (SSSR count). The van der Waals surface area contributed by atoms with E-state index >= 15 is 0 Å². The Labute approximate surface area is 181 Å². The largest absolute Gasteiger partial charge is 0.340 e. The fourth-order valence-corrected chi connectivity index (χ4v) is 5.54. The number of hydrogen-bond acceptors (Lipinski definition) is 6. The molecule has 1 aromatic carbocycles. The molecule has 0 bridgehead atoms. The third-order valence-electron chi connectivity index (χ3n) is 5.55. The minimum atomic E-state index is -3.57. The number of anilines is 1. The number of fused-ring (bicyclic) bond motifs is 1. The second kappa shape index (κ2) is 7.45. The summed E-state index contributed by atoms with van der Waals surface area (Å²) in [6.45, 7) is 11.3. The van der Waals surface area contributed by atoms with Crippen LogP contribution in [0, 0.1) is 13.8 Å². The molecule has 0 amide bonds. The lowest BCUT2D eigenvalue weighted by molar-refractivity contribution is 0.365. The van der Waals surface area contributed by atoms with Crippen molar-refractivity contribution in [2.45, 2.75) is 45.1 Å². The van der Waals surface area contributed by atoms with Crippen molar-refractivity contribution in [3.63, 3.8) is 0 Å². The lowest BCUT2D eigenvalue weighted by Gasteiger charge is -2.34. The first-order valence-corrected chi connectivity index (χ1v) is 11.7. The fourth-order valence-electron chi connectivity index (χ4n) is 3.92. The van der Waals surface area contributed by atoms with E-state index in [1.54, 1.807) is 10.7 Å². The van der Waals surface area contributed by atoms with Gasteiger partial charge in [0.2, 0.25) is 16.0 Å². The summed E-state index contributed by atoms with van der Waals surface area (Å²) >= 11 is 0. The molecule has 0 radical (unpaired) electrons. The average Bonchev–Trinajstić information content (AvgIpc) is 3.13. The van der Waals surface area contributed by atoms with Gasteiger partial charge in [-0.1, -0.05) is 17.7 Å². The third kappa shape index (κ3) is 3.85. The molecule has 1 N–H and O–H groups in total. The van der Waals surface area contributed by atoms with E-state index in [0.29, 0.717) is 48.1 Å². The molecule has 1 aliphatic rings. The second-order valence-corrected chi connectivity index (χ2v) is 10.9. The van der Waals surface area contributed by atoms with Crippen molar-refractivity contribution in [1.82, 2.24) is 24.1 Å². The van der Waals surface area contributed by atoms with E-state index in [1.165, 1.54) is 10.5 Å². The number of benzene rings is 1. The zero-order chi connectivity index (χ0) is 22.6. The number of aromatic nitrogens is 4. The van der Waals surface area contributed by atoms with Gasteiger partial charge >= 0.3 is 0 Å². The van der Waals surface area contributed by atoms with Crippen LogP contribution in [0.25, 0.3) is 11.0 Å². The van der Waals surface area contributed by atoms with Crippen molar-refractivity contribution in [2.24, 2.45) is 0 Å². The molecule has 31 heavy (non-hydrogen) atoms. The molecule has 2 aromatic heterocycles. The topological polar surface area (TPSA) is 104 Å². The number of nitrogens with zero attached hydrogens (tertiary/aromatic N) is 5. The Kier molecular flexibility index (Phi) is 5.17. The van der Waals surface area contributed by atoms with Gasteiger partial charge in [0.05, 0.1) is 16.6 Å². The first kappa shape index (κ1) is 21.5. The van der Waals surface area contributed by atoms with Gasteiger partial charge in [0, 0.05) is 26.2 Å². The molecule has 1 fully saturated rings. The Morgan fingerprint density at radius 1 is 1.06 bits per heavy atom. The van der Waals surface area contributed by atoms with Gasteiger partial charge in [-0.2, -0.15) is 14.4 Å². The first-order valence-electron chi connectivity index (χ1n) is 10.3. The van der Waals surface area contributed by atoms with Crippen LogP contribution in [0.4, 0.5) is 5.95 Å². The van der Waals surface area contributed by atoms with Crippen molar-refractivity contribution < 1.29 is 8.42 Å². The Hall–Kier alpha value is -2.72. The van der Waals surface area contributed by atoms with Crippen LogP contribution < -0.4 is 10.5 Å². The van der Waals surface area contributed by atoms with Crippen molar-refractivity contribution >= 4 is 27.0 Å². The average molecular weight is 445 g/mol. The standard InChI is InChI=1S/C21H28N6O3S/c1-14-6-7-17(15(2)12-14)31(29,30)26-10-8-25(9-11-26)20-23-18-16(19(28)24-20)13-22-27(18)21(3,4)5/h6-7,12-13H,8-11H2,1-5H3,(H,23,24,28). The third-order valence-corrected chi connectivity index (χ3v) is 7.61. The molecule has 10 heteroatoms. The maximum atomic E-state index is 13.1. The fraction of sp³-hybridized carbons (Fsp3) is 0.476. The van der Waals surface area contributed by atoms with Crippen LogP contribution >= 0.6 is 0 Å². The van der Waals surface area contributed by atoms with E-state index in [0.717, 1.165) is 11.1 Å². The number of sulfonamides is 1. The Bertz CT molecular complexity index is 1290. The summed E-state index contributed by atoms with van der Waals surface area (Å²) in [5, 5.41) is 4.77. The quantitative estimate of drug-likeness (QED) is 0.663. The Morgan fingerprint density at radius 2 is 1.74 bits per heavy atom. The van der Waals surface area contributed by atoms with Crippen molar-refractivity contribution in [3.8, 4) is 0 Å². The van der Waals surface area contributed by atoms with Gasteiger partial charge in [0.1, 0.15) is 5.39 Å². The number of hydrogen-bond donors (Lipinski definition) is 1. The van der Waals surface area contributed by atoms with E-state index in [1.807, 2.05) is 51.7 Å². The van der Waals surface area contributed by atoms with Gasteiger partial charge in [-0.3, -0.25) is 9.78 Å². The van der Waals surface area contributed by atoms with Crippen LogP contribution in [0.2, 0.25) is 0 Å². The van der Waals surface area contributed by atoms with Crippen molar-refractivity contribution in [2.75, 3.05) is 31.1 Å². The monoisotopic (exact) mass is 444 g/mol. The van der Waals surface area contributed by atoms with Gasteiger partial charge < -0.3 is 4.90 Å². The van der Waals surface area contributed by atoms with Crippen LogP contribution in [0.15, 0.2) is 34.1 Å². The molecular weight excluding hydrogens is 416 g/mol. The number of H-pyrrole nitrogens is 1. The predicted molar refractivity (Wildman–Crippen MR) is 120 cm³/mol. The minimum Gasteiger partial charge on any atom is -0.340 e. The second-order valence-electron chi connectivity index (χ2n) is 9.01. The molecule has 1 saturated heterocycles. The summed E-state index contributed by atoms with van der Waals surface area (Å²) in [6, 6.07) is 5.37. The first-order chi connectivity index (χ1) is 14.5. The maximum Gasteiger partial charge on any atom is 0.263 e. The zero-order valence-corrected chi connectivity index (χ0v) is 19.3. The molecule has 166 valence electrons. The van der Waals surface area contributed by atoms with Crippen molar-refractivity contribution in [1.29, 1.82) is 0 Å². The molecule has 3 aromatic rings. The number of rotatable bonds is 3. The molecule has 0 aliphatic carbocycles. The Balaban J connectivity index is 1.59.